The monoisotopic (exact) mass is 353 g/mol. The number of aliphatic hydroxyl groups is 1. The Bertz CT molecular complexity index is 877. The third kappa shape index (κ3) is 3.81. The van der Waals surface area contributed by atoms with Gasteiger partial charge in [-0.3, -0.25) is 15.4 Å². The van der Waals surface area contributed by atoms with Crippen molar-refractivity contribution in [3.63, 3.8) is 0 Å². The summed E-state index contributed by atoms with van der Waals surface area (Å²) in [7, 11) is 0. The van der Waals surface area contributed by atoms with Gasteiger partial charge < -0.3 is 15.7 Å². The molecule has 1 unspecified atom stereocenters. The van der Waals surface area contributed by atoms with Crippen LogP contribution in [0.1, 0.15) is 13.3 Å². The molecule has 8 nitrogen and oxygen atoms in total. The molecular weight excluding hydrogens is 330 g/mol. The lowest BCUT2D eigenvalue weighted by molar-refractivity contribution is 0.188. The number of aliphatic imine (C=N–C) groups is 1. The first-order valence-corrected chi connectivity index (χ1v) is 8.37. The molecule has 1 atom stereocenters. The molecule has 0 spiro atoms. The highest BCUT2D eigenvalue weighted by Crippen LogP contribution is 2.19. The highest BCUT2D eigenvalue weighted by Gasteiger charge is 2.20. The van der Waals surface area contributed by atoms with E-state index in [1.165, 1.54) is 11.2 Å². The quantitative estimate of drug-likeness (QED) is 0.284. The number of amidine groups is 2. The van der Waals surface area contributed by atoms with Crippen molar-refractivity contribution >= 4 is 28.3 Å². The fourth-order valence-electron chi connectivity index (χ4n) is 2.82. The lowest BCUT2D eigenvalue weighted by Gasteiger charge is -2.20. The number of likely N-dealkylation sites (tertiary alicyclic amines) is 1. The van der Waals surface area contributed by atoms with Crippen LogP contribution in [0, 0.1) is 5.41 Å². The van der Waals surface area contributed by atoms with Crippen LogP contribution in [0.15, 0.2) is 53.4 Å². The largest absolute Gasteiger partial charge is 0.394 e. The number of hydrogen-bond acceptors (Lipinski definition) is 6. The number of nitrogens with one attached hydrogen (secondary N) is 1. The summed E-state index contributed by atoms with van der Waals surface area (Å²) in [5, 5.41) is 19.9. The van der Waals surface area contributed by atoms with Crippen LogP contribution < -0.4 is 16.6 Å². The van der Waals surface area contributed by atoms with Crippen LogP contribution in [0.2, 0.25) is 0 Å². The number of nitrogens with zero attached hydrogens (tertiary/aromatic N) is 4. The molecule has 1 aliphatic heterocycles. The molecule has 8 heteroatoms. The van der Waals surface area contributed by atoms with Gasteiger partial charge >= 0.3 is 0 Å². The maximum Gasteiger partial charge on any atom is 0.164 e. The van der Waals surface area contributed by atoms with E-state index in [2.05, 4.69) is 9.98 Å². The summed E-state index contributed by atoms with van der Waals surface area (Å²) < 4.78 is 0. The maximum absolute atomic E-state index is 9.59. The zero-order chi connectivity index (χ0) is 18.7. The average Bonchev–Trinajstić information content (AvgIpc) is 3.10. The maximum atomic E-state index is 9.59. The van der Waals surface area contributed by atoms with E-state index in [0.29, 0.717) is 12.2 Å². The number of aliphatic hydroxyl groups excluding tert-OH is 1. The minimum Gasteiger partial charge on any atom is -0.394 e. The topological polar surface area (TPSA) is 128 Å². The molecule has 6 N–H and O–H groups in total. The fourth-order valence-corrected chi connectivity index (χ4v) is 2.82. The van der Waals surface area contributed by atoms with Gasteiger partial charge in [0.05, 0.1) is 29.2 Å². The predicted molar refractivity (Wildman–Crippen MR) is 104 cm³/mol. The van der Waals surface area contributed by atoms with E-state index in [1.54, 1.807) is 12.3 Å². The molecule has 0 bridgehead atoms. The van der Waals surface area contributed by atoms with E-state index >= 15 is 0 Å². The Kier molecular flexibility index (Phi) is 5.15. The molecule has 2 aromatic rings. The van der Waals surface area contributed by atoms with Gasteiger partial charge in [-0.2, -0.15) is 0 Å². The van der Waals surface area contributed by atoms with Crippen LogP contribution in [0.4, 0.5) is 5.69 Å². The van der Waals surface area contributed by atoms with Crippen molar-refractivity contribution in [2.75, 3.05) is 18.1 Å². The summed E-state index contributed by atoms with van der Waals surface area (Å²) >= 11 is 0. The Morgan fingerprint density at radius 1 is 1.46 bits per heavy atom. The number of aromatic nitrogens is 1. The first-order chi connectivity index (χ1) is 12.5. The molecule has 1 aromatic heterocycles. The number of hydrogen-bond donors (Lipinski definition) is 4. The molecule has 2 heterocycles. The van der Waals surface area contributed by atoms with E-state index in [9.17, 15) is 5.11 Å². The summed E-state index contributed by atoms with van der Waals surface area (Å²) in [6.45, 7) is 3.17. The number of nitrogens with two attached hydrogens (primary N) is 2. The van der Waals surface area contributed by atoms with Gasteiger partial charge in [-0.15, -0.1) is 0 Å². The van der Waals surface area contributed by atoms with Gasteiger partial charge in [0, 0.05) is 24.7 Å². The summed E-state index contributed by atoms with van der Waals surface area (Å²) in [5.74, 6) is 6.75. The average molecular weight is 353 g/mol. The smallest absolute Gasteiger partial charge is 0.164 e. The van der Waals surface area contributed by atoms with E-state index in [1.807, 2.05) is 36.1 Å². The van der Waals surface area contributed by atoms with Crippen LogP contribution in [-0.4, -0.2) is 45.9 Å². The molecule has 0 amide bonds. The van der Waals surface area contributed by atoms with E-state index in [4.69, 9.17) is 17.0 Å². The highest BCUT2D eigenvalue weighted by atomic mass is 16.3. The number of pyridine rings is 1. The van der Waals surface area contributed by atoms with Gasteiger partial charge in [-0.05, 0) is 37.6 Å². The Labute approximate surface area is 151 Å². The van der Waals surface area contributed by atoms with Gasteiger partial charge in [-0.1, -0.05) is 6.07 Å². The number of hydrazine groups is 1. The summed E-state index contributed by atoms with van der Waals surface area (Å²) in [6, 6.07) is 9.26. The van der Waals surface area contributed by atoms with Gasteiger partial charge in [0.2, 0.25) is 0 Å². The Balaban J connectivity index is 1.73. The highest BCUT2D eigenvalue weighted by molar-refractivity contribution is 6.07. The number of benzene rings is 1. The van der Waals surface area contributed by atoms with Crippen molar-refractivity contribution in [3.8, 4) is 0 Å². The molecule has 136 valence electrons. The molecular formula is C18H23N7O. The van der Waals surface area contributed by atoms with Crippen LogP contribution in [0.3, 0.4) is 0 Å². The minimum atomic E-state index is -0.318. The molecule has 0 radical (unpaired) electrons. The Morgan fingerprint density at radius 3 is 3.00 bits per heavy atom. The molecule has 1 fully saturated rings. The van der Waals surface area contributed by atoms with Crippen molar-refractivity contribution in [3.05, 3.63) is 48.4 Å². The van der Waals surface area contributed by atoms with E-state index < -0.39 is 0 Å². The van der Waals surface area contributed by atoms with Gasteiger partial charge in [0.1, 0.15) is 5.84 Å². The van der Waals surface area contributed by atoms with Crippen molar-refractivity contribution in [2.45, 2.75) is 19.4 Å². The van der Waals surface area contributed by atoms with Crippen molar-refractivity contribution in [1.82, 2.24) is 9.88 Å². The number of β-amino-alcohol motifs (C(OH)–C–C–N with tert-alkyl or cyclic N) is 1. The molecule has 1 aliphatic rings. The predicted octanol–water partition coefficient (Wildman–Crippen LogP) is 1.18. The van der Waals surface area contributed by atoms with Crippen molar-refractivity contribution < 1.29 is 5.11 Å². The molecule has 1 saturated heterocycles. The summed E-state index contributed by atoms with van der Waals surface area (Å²) in [5.41, 5.74) is 7.61. The van der Waals surface area contributed by atoms with Gasteiger partial charge in [0.25, 0.3) is 0 Å². The second-order valence-electron chi connectivity index (χ2n) is 6.25. The summed E-state index contributed by atoms with van der Waals surface area (Å²) in [4.78, 5) is 10.5. The second kappa shape index (κ2) is 7.51. The normalized spacial score (nSPS) is 18.4. The van der Waals surface area contributed by atoms with Crippen molar-refractivity contribution in [2.24, 2.45) is 16.6 Å². The molecule has 0 aliphatic carbocycles. The summed E-state index contributed by atoms with van der Waals surface area (Å²) in [6.07, 6.45) is 3.56. The van der Waals surface area contributed by atoms with E-state index in [-0.39, 0.29) is 17.6 Å². The molecule has 0 saturated carbocycles. The number of anilines is 1. The zero-order valence-electron chi connectivity index (χ0n) is 14.6. The fraction of sp³-hybridized carbons (Fsp3) is 0.278. The van der Waals surface area contributed by atoms with Crippen molar-refractivity contribution in [1.29, 1.82) is 5.41 Å². The SMILES string of the molecule is CC(=N/C=C(/N)C(=N)N(N)c1ccc2ncccc2c1)N1CCC(O)C1. The Hall–Kier alpha value is -2.97. The van der Waals surface area contributed by atoms with Gasteiger partial charge in [0.15, 0.2) is 5.84 Å². The lowest BCUT2D eigenvalue weighted by Crippen LogP contribution is -2.39. The standard InChI is InChI=1S/C18H23N7O/c1-12(24-8-6-15(26)11-24)23-10-16(19)18(20)25(21)14-4-5-17-13(9-14)3-2-7-22-17/h2-5,7,9-10,15,20,26H,6,8,11,19,21H2,1H3/b16-10+,20-18?,23-12?. The number of fused-ring (bicyclic) bond motifs is 1. The molecule has 26 heavy (non-hydrogen) atoms. The molecule has 3 rings (SSSR count). The third-order valence-electron chi connectivity index (χ3n) is 4.39. The number of rotatable bonds is 3. The Morgan fingerprint density at radius 2 is 2.27 bits per heavy atom. The first kappa shape index (κ1) is 17.8. The first-order valence-electron chi connectivity index (χ1n) is 8.37. The van der Waals surface area contributed by atoms with Crippen LogP contribution in [0.5, 0.6) is 0 Å². The van der Waals surface area contributed by atoms with E-state index in [0.717, 1.165) is 29.7 Å². The van der Waals surface area contributed by atoms with Crippen LogP contribution in [-0.2, 0) is 0 Å². The molecule has 1 aromatic carbocycles. The third-order valence-corrected chi connectivity index (χ3v) is 4.39. The van der Waals surface area contributed by atoms with Gasteiger partial charge in [-0.25, -0.2) is 10.8 Å². The lowest BCUT2D eigenvalue weighted by atomic mass is 10.2. The minimum absolute atomic E-state index is 0.0498. The van der Waals surface area contributed by atoms with Crippen LogP contribution in [0.25, 0.3) is 10.9 Å². The zero-order valence-corrected chi connectivity index (χ0v) is 14.6. The van der Waals surface area contributed by atoms with Crippen LogP contribution >= 0.6 is 0 Å². The second-order valence-corrected chi connectivity index (χ2v) is 6.25.